The molecule has 1 aromatic rings. The quantitative estimate of drug-likeness (QED) is 0.357. The lowest BCUT2D eigenvalue weighted by Gasteiger charge is -2.30. The van der Waals surface area contributed by atoms with Crippen molar-refractivity contribution >= 4 is 34.8 Å². The molecule has 8 heteroatoms. The maximum Gasteiger partial charge on any atom is 0.357 e. The van der Waals surface area contributed by atoms with Gasteiger partial charge in [-0.2, -0.15) is 0 Å². The Hall–Kier alpha value is -1.18. The van der Waals surface area contributed by atoms with Crippen molar-refractivity contribution < 1.29 is 19.1 Å². The highest BCUT2D eigenvalue weighted by Gasteiger charge is 2.31. The van der Waals surface area contributed by atoms with E-state index in [4.69, 9.17) is 16.3 Å². The molecule has 0 radical (unpaired) electrons. The molecule has 0 spiro atoms. The van der Waals surface area contributed by atoms with Gasteiger partial charge in [-0.1, -0.05) is 0 Å². The van der Waals surface area contributed by atoms with E-state index in [9.17, 15) is 9.59 Å². The number of nitrogens with zero attached hydrogens (tertiary/aromatic N) is 2. The average Bonchev–Trinajstić information content (AvgIpc) is 3.04. The molecule has 1 aromatic heterocycles. The molecular formula is C16H25ClN2O4S. The monoisotopic (exact) mass is 376 g/mol. The summed E-state index contributed by atoms with van der Waals surface area (Å²) in [5, 5.41) is 2.32. The molecule has 0 N–H and O–H groups in total. The molecule has 1 rings (SSSR count). The third-order valence-electron chi connectivity index (χ3n) is 3.39. The summed E-state index contributed by atoms with van der Waals surface area (Å²) in [5.74, 6) is -0.282. The molecule has 0 fully saturated rings. The topological polar surface area (TPSA) is 68.7 Å². The first kappa shape index (κ1) is 20.9. The fraction of sp³-hybridized carbons (Fsp3) is 0.688. The second-order valence-electron chi connectivity index (χ2n) is 5.91. The fourth-order valence-corrected chi connectivity index (χ4v) is 2.88. The van der Waals surface area contributed by atoms with Gasteiger partial charge in [0.1, 0.15) is 5.01 Å². The Morgan fingerprint density at radius 2 is 2.12 bits per heavy atom. The van der Waals surface area contributed by atoms with Crippen LogP contribution in [0.3, 0.4) is 0 Å². The number of aromatic nitrogens is 1. The van der Waals surface area contributed by atoms with E-state index in [-0.39, 0.29) is 17.5 Å². The number of carbonyl (C=O) groups is 2. The number of hydrogen-bond acceptors (Lipinski definition) is 6. The van der Waals surface area contributed by atoms with Crippen LogP contribution in [-0.4, -0.2) is 54.5 Å². The van der Waals surface area contributed by atoms with Crippen molar-refractivity contribution in [3.05, 3.63) is 16.1 Å². The second kappa shape index (κ2) is 9.96. The van der Waals surface area contributed by atoms with Crippen LogP contribution in [0.15, 0.2) is 5.38 Å². The van der Waals surface area contributed by atoms with Crippen molar-refractivity contribution in [2.24, 2.45) is 5.41 Å². The van der Waals surface area contributed by atoms with Crippen molar-refractivity contribution in [2.45, 2.75) is 33.7 Å². The SMILES string of the molecule is CCOCCCN(Cc1nc(C(=O)OC)cs1)C(=O)C(C)(C)CCl. The molecule has 1 heterocycles. The smallest absolute Gasteiger partial charge is 0.357 e. The molecule has 0 saturated heterocycles. The number of halogens is 1. The minimum absolute atomic E-state index is 0.0381. The van der Waals surface area contributed by atoms with Crippen molar-refractivity contribution in [3.63, 3.8) is 0 Å². The molecule has 0 aliphatic rings. The first-order chi connectivity index (χ1) is 11.4. The van der Waals surface area contributed by atoms with Crippen LogP contribution >= 0.6 is 22.9 Å². The number of carbonyl (C=O) groups excluding carboxylic acids is 2. The summed E-state index contributed by atoms with van der Waals surface area (Å²) in [6, 6.07) is 0. The molecule has 6 nitrogen and oxygen atoms in total. The lowest BCUT2D eigenvalue weighted by molar-refractivity contribution is -0.140. The highest BCUT2D eigenvalue weighted by Crippen LogP contribution is 2.23. The maximum atomic E-state index is 12.7. The Kier molecular flexibility index (Phi) is 8.66. The van der Waals surface area contributed by atoms with E-state index < -0.39 is 11.4 Å². The Balaban J connectivity index is 2.82. The van der Waals surface area contributed by atoms with Gasteiger partial charge in [-0.25, -0.2) is 9.78 Å². The number of ether oxygens (including phenoxy) is 2. The standard InChI is InChI=1S/C16H25ClN2O4S/c1-5-23-8-6-7-19(15(21)16(2,3)11-17)9-13-18-12(10-24-13)14(20)22-4/h10H,5-9,11H2,1-4H3. The predicted molar refractivity (Wildman–Crippen MR) is 94.5 cm³/mol. The van der Waals surface area contributed by atoms with Crippen LogP contribution in [0.1, 0.15) is 42.7 Å². The summed E-state index contributed by atoms with van der Waals surface area (Å²) in [6.45, 7) is 7.70. The van der Waals surface area contributed by atoms with Crippen LogP contribution in [0.25, 0.3) is 0 Å². The summed E-state index contributed by atoms with van der Waals surface area (Å²) in [5.41, 5.74) is -0.397. The van der Waals surface area contributed by atoms with E-state index in [1.807, 2.05) is 20.8 Å². The molecule has 136 valence electrons. The van der Waals surface area contributed by atoms with Crippen molar-refractivity contribution in [3.8, 4) is 0 Å². The minimum Gasteiger partial charge on any atom is -0.464 e. The van der Waals surface area contributed by atoms with Gasteiger partial charge in [-0.15, -0.1) is 22.9 Å². The Labute approximate surface area is 152 Å². The molecule has 1 amide bonds. The van der Waals surface area contributed by atoms with E-state index in [1.165, 1.54) is 18.4 Å². The zero-order chi connectivity index (χ0) is 18.2. The molecule has 0 saturated carbocycles. The molecule has 0 aliphatic heterocycles. The first-order valence-corrected chi connectivity index (χ1v) is 9.23. The third-order valence-corrected chi connectivity index (χ3v) is 4.90. The number of alkyl halides is 1. The molecule has 0 aliphatic carbocycles. The largest absolute Gasteiger partial charge is 0.464 e. The van der Waals surface area contributed by atoms with Crippen molar-refractivity contribution in [2.75, 3.05) is 32.7 Å². The predicted octanol–water partition coefficient (Wildman–Crippen LogP) is 2.95. The van der Waals surface area contributed by atoms with Crippen LogP contribution in [0.4, 0.5) is 0 Å². The number of rotatable bonds is 10. The van der Waals surface area contributed by atoms with Gasteiger partial charge in [0.25, 0.3) is 0 Å². The normalized spacial score (nSPS) is 11.4. The molecule has 0 unspecified atom stereocenters. The van der Waals surface area contributed by atoms with E-state index in [0.29, 0.717) is 31.3 Å². The number of amides is 1. The van der Waals surface area contributed by atoms with Gasteiger partial charge < -0.3 is 14.4 Å². The highest BCUT2D eigenvalue weighted by atomic mass is 35.5. The van der Waals surface area contributed by atoms with Gasteiger partial charge in [-0.05, 0) is 27.2 Å². The summed E-state index contributed by atoms with van der Waals surface area (Å²) < 4.78 is 9.99. The number of hydrogen-bond donors (Lipinski definition) is 0. The lowest BCUT2D eigenvalue weighted by Crippen LogP contribution is -2.42. The van der Waals surface area contributed by atoms with Gasteiger partial charge >= 0.3 is 5.97 Å². The Morgan fingerprint density at radius 1 is 1.42 bits per heavy atom. The van der Waals surface area contributed by atoms with Crippen molar-refractivity contribution in [1.29, 1.82) is 0 Å². The van der Waals surface area contributed by atoms with Crippen LogP contribution < -0.4 is 0 Å². The Bertz CT molecular complexity index is 548. The average molecular weight is 377 g/mol. The Morgan fingerprint density at radius 3 is 2.71 bits per heavy atom. The number of thiazole rings is 1. The van der Waals surface area contributed by atoms with Crippen LogP contribution in [0.2, 0.25) is 0 Å². The minimum atomic E-state index is -0.657. The van der Waals surface area contributed by atoms with E-state index >= 15 is 0 Å². The molecule has 0 aromatic carbocycles. The number of methoxy groups -OCH3 is 1. The maximum absolute atomic E-state index is 12.7. The molecule has 0 atom stereocenters. The highest BCUT2D eigenvalue weighted by molar-refractivity contribution is 7.09. The van der Waals surface area contributed by atoms with Crippen LogP contribution in [0.5, 0.6) is 0 Å². The molecule has 24 heavy (non-hydrogen) atoms. The van der Waals surface area contributed by atoms with Crippen LogP contribution in [0, 0.1) is 5.41 Å². The summed E-state index contributed by atoms with van der Waals surface area (Å²) in [7, 11) is 1.31. The van der Waals surface area contributed by atoms with Gasteiger partial charge in [0.15, 0.2) is 5.69 Å². The van der Waals surface area contributed by atoms with Crippen molar-refractivity contribution in [1.82, 2.24) is 9.88 Å². The summed E-state index contributed by atoms with van der Waals surface area (Å²) in [4.78, 5) is 30.2. The van der Waals surface area contributed by atoms with E-state index in [0.717, 1.165) is 6.42 Å². The van der Waals surface area contributed by atoms with Gasteiger partial charge in [0, 0.05) is 31.0 Å². The van der Waals surface area contributed by atoms with Crippen LogP contribution in [-0.2, 0) is 20.8 Å². The van der Waals surface area contributed by atoms with Gasteiger partial charge in [0.2, 0.25) is 5.91 Å². The number of esters is 1. The molecule has 0 bridgehead atoms. The van der Waals surface area contributed by atoms with Gasteiger partial charge in [-0.3, -0.25) is 4.79 Å². The first-order valence-electron chi connectivity index (χ1n) is 7.81. The van der Waals surface area contributed by atoms with Gasteiger partial charge in [0.05, 0.1) is 19.1 Å². The summed E-state index contributed by atoms with van der Waals surface area (Å²) in [6.07, 6.45) is 0.729. The second-order valence-corrected chi connectivity index (χ2v) is 7.12. The van der Waals surface area contributed by atoms with E-state index in [2.05, 4.69) is 9.72 Å². The summed E-state index contributed by atoms with van der Waals surface area (Å²) >= 11 is 7.27. The van der Waals surface area contributed by atoms with E-state index in [1.54, 1.807) is 10.3 Å². The zero-order valence-corrected chi connectivity index (χ0v) is 16.2. The zero-order valence-electron chi connectivity index (χ0n) is 14.6. The molecular weight excluding hydrogens is 352 g/mol. The third kappa shape index (κ3) is 6.03. The lowest BCUT2D eigenvalue weighted by atomic mass is 9.94. The fourth-order valence-electron chi connectivity index (χ4n) is 1.98.